The van der Waals surface area contributed by atoms with Crippen molar-refractivity contribution in [3.63, 3.8) is 0 Å². The molecule has 26 heavy (non-hydrogen) atoms. The van der Waals surface area contributed by atoms with E-state index in [1.54, 1.807) is 0 Å². The highest BCUT2D eigenvalue weighted by atomic mass is 32.1. The Balaban J connectivity index is 1.49. The summed E-state index contributed by atoms with van der Waals surface area (Å²) in [5.41, 5.74) is 2.74. The lowest BCUT2D eigenvalue weighted by atomic mass is 9.99. The predicted octanol–water partition coefficient (Wildman–Crippen LogP) is 3.71. The van der Waals surface area contributed by atoms with Crippen molar-refractivity contribution in [2.75, 3.05) is 0 Å². The van der Waals surface area contributed by atoms with E-state index in [0.717, 1.165) is 16.7 Å². The number of hydrogen-bond acceptors (Lipinski definition) is 4. The second-order valence-electron chi connectivity index (χ2n) is 6.85. The summed E-state index contributed by atoms with van der Waals surface area (Å²) < 4.78 is 5.80. The van der Waals surface area contributed by atoms with E-state index in [1.165, 1.54) is 4.90 Å². The van der Waals surface area contributed by atoms with E-state index in [9.17, 15) is 9.59 Å². The van der Waals surface area contributed by atoms with Gasteiger partial charge in [-0.1, -0.05) is 54.6 Å². The maximum atomic E-state index is 12.9. The molecule has 0 unspecified atom stereocenters. The van der Waals surface area contributed by atoms with Crippen LogP contribution in [0.25, 0.3) is 0 Å². The molecule has 4 rings (SSSR count). The van der Waals surface area contributed by atoms with Crippen molar-refractivity contribution < 1.29 is 14.3 Å². The SMILES string of the molecule is C[C@@H]1[C@H](c2ccccc2)OC(=S)N1C(=O)C[C@@H]1Cc2ccccc2C1=O. The number of hydrogen-bond donors (Lipinski definition) is 0. The minimum Gasteiger partial charge on any atom is -0.460 e. The zero-order valence-electron chi connectivity index (χ0n) is 14.4. The molecule has 132 valence electrons. The largest absolute Gasteiger partial charge is 0.460 e. The summed E-state index contributed by atoms with van der Waals surface area (Å²) in [6.45, 7) is 1.93. The maximum Gasteiger partial charge on any atom is 0.267 e. The van der Waals surface area contributed by atoms with Gasteiger partial charge in [-0.2, -0.15) is 0 Å². The molecule has 2 aliphatic rings. The van der Waals surface area contributed by atoms with Crippen LogP contribution in [-0.4, -0.2) is 27.8 Å². The summed E-state index contributed by atoms with van der Waals surface area (Å²) in [4.78, 5) is 27.0. The zero-order chi connectivity index (χ0) is 18.3. The van der Waals surface area contributed by atoms with E-state index < -0.39 is 0 Å². The number of carbonyl (C=O) groups excluding carboxylic acids is 2. The number of ketones is 1. The van der Waals surface area contributed by atoms with Crippen LogP contribution in [0.3, 0.4) is 0 Å². The molecule has 1 fully saturated rings. The van der Waals surface area contributed by atoms with Gasteiger partial charge in [-0.05, 0) is 36.7 Å². The normalized spacial score (nSPS) is 24.5. The van der Waals surface area contributed by atoms with Crippen molar-refractivity contribution in [1.29, 1.82) is 0 Å². The second kappa shape index (κ2) is 6.65. The quantitative estimate of drug-likeness (QED) is 0.778. The van der Waals surface area contributed by atoms with Crippen LogP contribution >= 0.6 is 12.2 Å². The van der Waals surface area contributed by atoms with Gasteiger partial charge in [0.05, 0.1) is 6.04 Å². The topological polar surface area (TPSA) is 46.6 Å². The van der Waals surface area contributed by atoms with Crippen LogP contribution in [0.15, 0.2) is 54.6 Å². The number of nitrogens with zero attached hydrogens (tertiary/aromatic N) is 1. The number of amides is 1. The first kappa shape index (κ1) is 16.9. The molecule has 1 saturated heterocycles. The molecule has 0 aromatic heterocycles. The Labute approximate surface area is 157 Å². The van der Waals surface area contributed by atoms with E-state index in [4.69, 9.17) is 17.0 Å². The lowest BCUT2D eigenvalue weighted by Crippen LogP contribution is -2.39. The fourth-order valence-electron chi connectivity index (χ4n) is 3.87. The van der Waals surface area contributed by atoms with Gasteiger partial charge in [0.1, 0.15) is 6.10 Å². The first-order valence-corrected chi connectivity index (χ1v) is 9.17. The van der Waals surface area contributed by atoms with E-state index in [1.807, 2.05) is 61.5 Å². The summed E-state index contributed by atoms with van der Waals surface area (Å²) in [6, 6.07) is 17.1. The van der Waals surface area contributed by atoms with Crippen molar-refractivity contribution >= 4 is 29.1 Å². The highest BCUT2D eigenvalue weighted by molar-refractivity contribution is 7.80. The summed E-state index contributed by atoms with van der Waals surface area (Å²) in [6.07, 6.45) is 0.491. The Morgan fingerprint density at radius 2 is 1.85 bits per heavy atom. The van der Waals surface area contributed by atoms with Crippen LogP contribution in [-0.2, 0) is 16.0 Å². The Hall–Kier alpha value is -2.53. The summed E-state index contributed by atoms with van der Waals surface area (Å²) in [5, 5.41) is 0.194. The molecule has 0 radical (unpaired) electrons. The zero-order valence-corrected chi connectivity index (χ0v) is 15.2. The molecule has 1 amide bonds. The lowest BCUT2D eigenvalue weighted by Gasteiger charge is -2.21. The van der Waals surface area contributed by atoms with Gasteiger partial charge < -0.3 is 4.74 Å². The highest BCUT2D eigenvalue weighted by Crippen LogP contribution is 2.35. The van der Waals surface area contributed by atoms with Crippen LogP contribution in [0.1, 0.15) is 40.9 Å². The fraction of sp³-hybridized carbons (Fsp3) is 0.286. The fourth-order valence-corrected chi connectivity index (χ4v) is 4.25. The molecular weight excluding hydrogens is 346 g/mol. The molecule has 0 saturated carbocycles. The minimum atomic E-state index is -0.314. The van der Waals surface area contributed by atoms with Crippen molar-refractivity contribution in [3.05, 3.63) is 71.3 Å². The first-order valence-electron chi connectivity index (χ1n) is 8.76. The van der Waals surface area contributed by atoms with Crippen LogP contribution in [0, 0.1) is 5.92 Å². The first-order chi connectivity index (χ1) is 12.6. The van der Waals surface area contributed by atoms with E-state index >= 15 is 0 Å². The average Bonchev–Trinajstić information content (AvgIpc) is 3.12. The Kier molecular flexibility index (Phi) is 4.32. The average molecular weight is 365 g/mol. The molecule has 3 atom stereocenters. The molecule has 5 heteroatoms. The van der Waals surface area contributed by atoms with Gasteiger partial charge >= 0.3 is 0 Å². The van der Waals surface area contributed by atoms with Crippen molar-refractivity contribution in [1.82, 2.24) is 4.90 Å². The monoisotopic (exact) mass is 365 g/mol. The van der Waals surface area contributed by atoms with Crippen LogP contribution in [0.4, 0.5) is 0 Å². The molecule has 2 aromatic rings. The Morgan fingerprint density at radius 1 is 1.15 bits per heavy atom. The molecule has 0 bridgehead atoms. The molecule has 0 spiro atoms. The lowest BCUT2D eigenvalue weighted by molar-refractivity contribution is -0.129. The van der Waals surface area contributed by atoms with Gasteiger partial charge in [-0.25, -0.2) is 0 Å². The third-order valence-corrected chi connectivity index (χ3v) is 5.50. The third-order valence-electron chi connectivity index (χ3n) is 5.21. The maximum absolute atomic E-state index is 12.9. The standard InChI is InChI=1S/C21H19NO3S/c1-13-20(14-7-3-2-4-8-14)25-21(26)22(13)18(23)12-16-11-15-9-5-6-10-17(15)19(16)24/h2-10,13,16,20H,11-12H2,1H3/t13-,16+,20-/m1/s1. The number of rotatable bonds is 3. The predicted molar refractivity (Wildman–Crippen MR) is 102 cm³/mol. The Bertz CT molecular complexity index is 880. The molecule has 1 aliphatic carbocycles. The highest BCUT2D eigenvalue weighted by Gasteiger charge is 2.42. The molecular formula is C21H19NO3S. The summed E-state index contributed by atoms with van der Waals surface area (Å²) >= 11 is 5.31. The second-order valence-corrected chi connectivity index (χ2v) is 7.20. The van der Waals surface area contributed by atoms with Gasteiger partial charge in [0.2, 0.25) is 5.91 Å². The van der Waals surface area contributed by atoms with Crippen molar-refractivity contribution in [3.8, 4) is 0 Å². The van der Waals surface area contributed by atoms with Crippen LogP contribution in [0.2, 0.25) is 0 Å². The molecule has 1 aliphatic heterocycles. The van der Waals surface area contributed by atoms with Gasteiger partial charge in [-0.15, -0.1) is 0 Å². The van der Waals surface area contributed by atoms with E-state index in [2.05, 4.69) is 0 Å². The number of fused-ring (bicyclic) bond motifs is 1. The number of benzene rings is 2. The van der Waals surface area contributed by atoms with Crippen molar-refractivity contribution in [2.45, 2.75) is 31.9 Å². The summed E-state index contributed by atoms with van der Waals surface area (Å²) in [5.74, 6) is -0.412. The van der Waals surface area contributed by atoms with Crippen LogP contribution < -0.4 is 0 Å². The number of ether oxygens (including phenoxy) is 1. The molecule has 2 aromatic carbocycles. The van der Waals surface area contributed by atoms with E-state index in [0.29, 0.717) is 6.42 Å². The van der Waals surface area contributed by atoms with Crippen molar-refractivity contribution in [2.24, 2.45) is 5.92 Å². The van der Waals surface area contributed by atoms with Gasteiger partial charge in [0.25, 0.3) is 5.17 Å². The van der Waals surface area contributed by atoms with Gasteiger partial charge in [0.15, 0.2) is 5.78 Å². The number of thiocarbonyl (C=S) groups is 1. The third kappa shape index (κ3) is 2.82. The van der Waals surface area contributed by atoms with Gasteiger partial charge in [-0.3, -0.25) is 14.5 Å². The Morgan fingerprint density at radius 3 is 2.58 bits per heavy atom. The number of Topliss-reactive ketones (excluding diaryl/α,β-unsaturated/α-hetero) is 1. The summed E-state index contributed by atoms with van der Waals surface area (Å²) in [7, 11) is 0. The number of carbonyl (C=O) groups is 2. The molecule has 4 nitrogen and oxygen atoms in total. The van der Waals surface area contributed by atoms with E-state index in [-0.39, 0.29) is 41.3 Å². The smallest absolute Gasteiger partial charge is 0.267 e. The van der Waals surface area contributed by atoms with Crippen LogP contribution in [0.5, 0.6) is 0 Å². The minimum absolute atomic E-state index is 0.0484. The molecule has 1 heterocycles. The van der Waals surface area contributed by atoms with Gasteiger partial charge in [0, 0.05) is 17.9 Å². The molecule has 0 N–H and O–H groups in total.